The van der Waals surface area contributed by atoms with Crippen molar-refractivity contribution in [2.45, 2.75) is 24.3 Å². The van der Waals surface area contributed by atoms with Crippen LogP contribution in [0.5, 0.6) is 0 Å². The molecular formula is C18H29N3O2S. The van der Waals surface area contributed by atoms with Gasteiger partial charge in [-0.25, -0.2) is 0 Å². The molecule has 24 heavy (non-hydrogen) atoms. The Hall–Kier alpha value is -1.24. The van der Waals surface area contributed by atoms with Crippen LogP contribution in [0.4, 0.5) is 0 Å². The molecule has 2 rings (SSSR count). The van der Waals surface area contributed by atoms with E-state index in [0.717, 1.165) is 58.3 Å². The van der Waals surface area contributed by atoms with Gasteiger partial charge in [0.2, 0.25) is 0 Å². The molecule has 134 valence electrons. The Morgan fingerprint density at radius 3 is 2.83 bits per heavy atom. The summed E-state index contributed by atoms with van der Waals surface area (Å²) in [4.78, 5) is 5.53. The highest BCUT2D eigenvalue weighted by Gasteiger charge is 2.15. The summed E-state index contributed by atoms with van der Waals surface area (Å²) >= 11 is 1.76. The maximum absolute atomic E-state index is 5.70. The molecule has 1 aliphatic heterocycles. The van der Waals surface area contributed by atoms with Gasteiger partial charge in [-0.1, -0.05) is 12.1 Å². The first kappa shape index (κ1) is 19.1. The minimum Gasteiger partial charge on any atom is -0.381 e. The Kier molecular flexibility index (Phi) is 9.02. The molecule has 1 unspecified atom stereocenters. The maximum atomic E-state index is 5.70. The second kappa shape index (κ2) is 11.3. The molecule has 0 aromatic heterocycles. The van der Waals surface area contributed by atoms with Crippen molar-refractivity contribution >= 4 is 17.7 Å². The van der Waals surface area contributed by atoms with Crippen molar-refractivity contribution in [1.82, 2.24) is 10.6 Å². The molecule has 0 radical (unpaired) electrons. The molecule has 2 N–H and O–H groups in total. The number of rotatable bonds is 9. The van der Waals surface area contributed by atoms with Gasteiger partial charge in [-0.15, -0.1) is 11.8 Å². The lowest BCUT2D eigenvalue weighted by atomic mass is 10.1. The van der Waals surface area contributed by atoms with E-state index < -0.39 is 0 Å². The van der Waals surface area contributed by atoms with E-state index in [1.54, 1.807) is 18.8 Å². The number of guanidine groups is 1. The van der Waals surface area contributed by atoms with Crippen molar-refractivity contribution in [3.8, 4) is 0 Å². The van der Waals surface area contributed by atoms with E-state index in [0.29, 0.717) is 5.92 Å². The third kappa shape index (κ3) is 7.11. The number of benzene rings is 1. The Bertz CT molecular complexity index is 488. The molecule has 1 aromatic rings. The van der Waals surface area contributed by atoms with Gasteiger partial charge >= 0.3 is 0 Å². The number of thioether (sulfide) groups is 1. The first-order chi connectivity index (χ1) is 11.8. The summed E-state index contributed by atoms with van der Waals surface area (Å²) in [6.45, 7) is 4.96. The van der Waals surface area contributed by atoms with Gasteiger partial charge in [0, 0.05) is 44.2 Å². The van der Waals surface area contributed by atoms with Gasteiger partial charge in [0.1, 0.15) is 0 Å². The first-order valence-electron chi connectivity index (χ1n) is 8.54. The van der Waals surface area contributed by atoms with Crippen LogP contribution in [0, 0.1) is 5.92 Å². The highest BCUT2D eigenvalue weighted by atomic mass is 32.2. The van der Waals surface area contributed by atoms with Crippen LogP contribution < -0.4 is 10.6 Å². The number of hydrogen-bond acceptors (Lipinski definition) is 4. The number of nitrogens with one attached hydrogen (secondary N) is 2. The van der Waals surface area contributed by atoms with Crippen LogP contribution in [0.1, 0.15) is 18.4 Å². The lowest BCUT2D eigenvalue weighted by Gasteiger charge is -2.13. The fourth-order valence-corrected chi connectivity index (χ4v) is 2.90. The topological polar surface area (TPSA) is 54.9 Å². The third-order valence-electron chi connectivity index (χ3n) is 3.98. The van der Waals surface area contributed by atoms with Crippen molar-refractivity contribution in [1.29, 1.82) is 0 Å². The maximum Gasteiger partial charge on any atom is 0.191 e. The summed E-state index contributed by atoms with van der Waals surface area (Å²) in [6, 6.07) is 8.58. The van der Waals surface area contributed by atoms with Crippen molar-refractivity contribution in [2.24, 2.45) is 10.9 Å². The smallest absolute Gasteiger partial charge is 0.191 e. The average Bonchev–Trinajstić information content (AvgIpc) is 3.14. The zero-order valence-corrected chi connectivity index (χ0v) is 15.5. The number of hydrogen-bond donors (Lipinski definition) is 2. The van der Waals surface area contributed by atoms with Crippen LogP contribution >= 0.6 is 11.8 Å². The van der Waals surface area contributed by atoms with Crippen LogP contribution in [0.3, 0.4) is 0 Å². The van der Waals surface area contributed by atoms with Crippen LogP contribution in [-0.4, -0.2) is 52.2 Å². The molecule has 1 atom stereocenters. The van der Waals surface area contributed by atoms with Gasteiger partial charge < -0.3 is 20.1 Å². The van der Waals surface area contributed by atoms with E-state index in [1.807, 2.05) is 0 Å². The Balaban J connectivity index is 1.54. The van der Waals surface area contributed by atoms with Gasteiger partial charge in [-0.2, -0.15) is 0 Å². The molecule has 0 aliphatic carbocycles. The zero-order valence-electron chi connectivity index (χ0n) is 14.7. The molecule has 5 nitrogen and oxygen atoms in total. The molecule has 1 aromatic carbocycles. The lowest BCUT2D eigenvalue weighted by Crippen LogP contribution is -2.37. The van der Waals surface area contributed by atoms with Gasteiger partial charge in [0.15, 0.2) is 5.96 Å². The van der Waals surface area contributed by atoms with Crippen molar-refractivity contribution < 1.29 is 9.47 Å². The molecule has 0 amide bonds. The molecule has 0 saturated carbocycles. The number of nitrogens with zero attached hydrogens (tertiary/aromatic N) is 1. The van der Waals surface area contributed by atoms with Crippen LogP contribution in [0.2, 0.25) is 0 Å². The van der Waals surface area contributed by atoms with Gasteiger partial charge in [-0.05, 0) is 36.8 Å². The molecule has 0 bridgehead atoms. The highest BCUT2D eigenvalue weighted by Crippen LogP contribution is 2.14. The first-order valence-corrected chi connectivity index (χ1v) is 9.77. The lowest BCUT2D eigenvalue weighted by molar-refractivity contribution is 0.0888. The summed E-state index contributed by atoms with van der Waals surface area (Å²) in [5.74, 6) is 1.41. The number of aliphatic imine (C=N–C) groups is 1. The average molecular weight is 352 g/mol. The van der Waals surface area contributed by atoms with E-state index in [-0.39, 0.29) is 0 Å². The van der Waals surface area contributed by atoms with E-state index in [9.17, 15) is 0 Å². The van der Waals surface area contributed by atoms with E-state index in [1.165, 1.54) is 10.5 Å². The minimum absolute atomic E-state index is 0.588. The van der Waals surface area contributed by atoms with E-state index in [2.05, 4.69) is 46.1 Å². The molecule has 0 spiro atoms. The van der Waals surface area contributed by atoms with Crippen molar-refractivity contribution in [2.75, 3.05) is 46.3 Å². The zero-order chi connectivity index (χ0) is 17.0. The normalized spacial score (nSPS) is 17.9. The molecule has 1 fully saturated rings. The molecule has 1 saturated heterocycles. The quantitative estimate of drug-likeness (QED) is 0.310. The van der Waals surface area contributed by atoms with Crippen LogP contribution in [-0.2, 0) is 16.0 Å². The van der Waals surface area contributed by atoms with Crippen molar-refractivity contribution in [3.05, 3.63) is 29.8 Å². The SMILES string of the molecule is CN=C(NCCCOCC1CCOC1)NCc1ccc(SC)cc1. The Morgan fingerprint density at radius 2 is 2.17 bits per heavy atom. The summed E-state index contributed by atoms with van der Waals surface area (Å²) in [5, 5.41) is 6.65. The monoisotopic (exact) mass is 351 g/mol. The predicted octanol–water partition coefficient (Wildman–Crippen LogP) is 2.52. The summed E-state index contributed by atoms with van der Waals surface area (Å²) < 4.78 is 11.0. The van der Waals surface area contributed by atoms with Gasteiger partial charge in [-0.3, -0.25) is 4.99 Å². The Labute approximate surface area is 149 Å². The summed E-state index contributed by atoms with van der Waals surface area (Å²) in [6.07, 6.45) is 4.19. The minimum atomic E-state index is 0.588. The molecule has 1 aliphatic rings. The van der Waals surface area contributed by atoms with Crippen LogP contribution in [0.15, 0.2) is 34.2 Å². The third-order valence-corrected chi connectivity index (χ3v) is 4.72. The Morgan fingerprint density at radius 1 is 1.33 bits per heavy atom. The molecule has 6 heteroatoms. The van der Waals surface area contributed by atoms with Gasteiger partial charge in [0.05, 0.1) is 13.2 Å². The predicted molar refractivity (Wildman–Crippen MR) is 101 cm³/mol. The second-order valence-corrected chi connectivity index (χ2v) is 6.74. The second-order valence-electron chi connectivity index (χ2n) is 5.86. The summed E-state index contributed by atoms with van der Waals surface area (Å²) in [5.41, 5.74) is 1.25. The van der Waals surface area contributed by atoms with Crippen molar-refractivity contribution in [3.63, 3.8) is 0 Å². The van der Waals surface area contributed by atoms with Gasteiger partial charge in [0.25, 0.3) is 0 Å². The number of ether oxygens (including phenoxy) is 2. The molecule has 1 heterocycles. The fraction of sp³-hybridized carbons (Fsp3) is 0.611. The van der Waals surface area contributed by atoms with Crippen LogP contribution in [0.25, 0.3) is 0 Å². The van der Waals surface area contributed by atoms with E-state index in [4.69, 9.17) is 9.47 Å². The standard InChI is InChI=1S/C18H29N3O2S/c1-19-18(21-12-15-4-6-17(24-2)7-5-15)20-9-3-10-22-13-16-8-11-23-14-16/h4-7,16H,3,8-14H2,1-2H3,(H2,19,20,21). The highest BCUT2D eigenvalue weighted by molar-refractivity contribution is 7.98. The fourth-order valence-electron chi connectivity index (χ4n) is 2.50. The molecular weight excluding hydrogens is 322 g/mol. The summed E-state index contributed by atoms with van der Waals surface area (Å²) in [7, 11) is 1.79. The van der Waals surface area contributed by atoms with E-state index >= 15 is 0 Å². The largest absolute Gasteiger partial charge is 0.381 e.